The average Bonchev–Trinajstić information content (AvgIpc) is 3.38. The number of aromatic nitrogens is 2. The molecule has 0 saturated carbocycles. The first-order valence-corrected chi connectivity index (χ1v) is 14.3. The van der Waals surface area contributed by atoms with Crippen molar-refractivity contribution in [2.45, 2.75) is 66.3 Å². The van der Waals surface area contributed by atoms with Crippen LogP contribution in [0.3, 0.4) is 0 Å². The van der Waals surface area contributed by atoms with E-state index in [2.05, 4.69) is 161 Å². The molecule has 2 nitrogen and oxygen atoms in total. The lowest BCUT2D eigenvalue weighted by atomic mass is 9.87. The highest BCUT2D eigenvalue weighted by Crippen LogP contribution is 2.38. The topological polar surface area (TPSA) is 8.81 Å². The van der Waals surface area contributed by atoms with Crippen molar-refractivity contribution < 1.29 is 4.57 Å². The molecule has 0 aliphatic rings. The van der Waals surface area contributed by atoms with Gasteiger partial charge in [-0.2, -0.15) is 4.57 Å². The van der Waals surface area contributed by atoms with Gasteiger partial charge in [-0.1, -0.05) is 100 Å². The van der Waals surface area contributed by atoms with E-state index in [0.29, 0.717) is 17.9 Å². The molecule has 5 aromatic rings. The largest absolute Gasteiger partial charge is 0.294 e. The third kappa shape index (κ3) is 5.21. The highest BCUT2D eigenvalue weighted by atomic mass is 15.2. The van der Waals surface area contributed by atoms with E-state index in [-0.39, 0.29) is 0 Å². The number of hydrogen-bond acceptors (Lipinski definition) is 0. The minimum atomic E-state index is 0.355. The van der Waals surface area contributed by atoms with Gasteiger partial charge in [0, 0.05) is 11.1 Å². The van der Waals surface area contributed by atoms with Crippen molar-refractivity contribution in [3.8, 4) is 39.3 Å². The quantitative estimate of drug-likeness (QED) is 0.191. The Balaban J connectivity index is 1.71. The van der Waals surface area contributed by atoms with Gasteiger partial charge in [0.25, 0.3) is 5.82 Å². The maximum atomic E-state index is 2.45. The fourth-order valence-corrected chi connectivity index (χ4v) is 5.58. The predicted molar refractivity (Wildman–Crippen MR) is 166 cm³/mol. The second kappa shape index (κ2) is 11.1. The smallest absolute Gasteiger partial charge is 0.227 e. The van der Waals surface area contributed by atoms with Crippen molar-refractivity contribution in [1.29, 1.82) is 0 Å². The molecular formula is C37H41N2+. The van der Waals surface area contributed by atoms with E-state index in [9.17, 15) is 0 Å². The molecule has 1 aromatic heterocycles. The van der Waals surface area contributed by atoms with Crippen LogP contribution in [0.2, 0.25) is 0 Å². The lowest BCUT2D eigenvalue weighted by molar-refractivity contribution is -0.704. The summed E-state index contributed by atoms with van der Waals surface area (Å²) in [6, 6.07) is 33.6. The minimum absolute atomic E-state index is 0.355. The molecule has 198 valence electrons. The SMILES string of the molecule is Cc1ccccc1-c1n(-c2c(C(C)C)cc(-c3ccc(-c4ccccc4)cc3)cc2C(C)C)cc[n+]1C(C)C. The van der Waals surface area contributed by atoms with Crippen LogP contribution in [0, 0.1) is 6.92 Å². The molecule has 4 aromatic carbocycles. The Labute approximate surface area is 234 Å². The highest BCUT2D eigenvalue weighted by molar-refractivity contribution is 5.74. The van der Waals surface area contributed by atoms with E-state index in [1.807, 2.05) is 0 Å². The van der Waals surface area contributed by atoms with Crippen LogP contribution in [-0.4, -0.2) is 4.57 Å². The number of benzene rings is 4. The van der Waals surface area contributed by atoms with Crippen molar-refractivity contribution in [2.75, 3.05) is 0 Å². The number of nitrogens with zero attached hydrogens (tertiary/aromatic N) is 2. The van der Waals surface area contributed by atoms with Crippen LogP contribution in [0.4, 0.5) is 0 Å². The lowest BCUT2D eigenvalue weighted by Gasteiger charge is -2.21. The van der Waals surface area contributed by atoms with Crippen LogP contribution < -0.4 is 4.57 Å². The van der Waals surface area contributed by atoms with Crippen LogP contribution in [0.5, 0.6) is 0 Å². The second-order valence-corrected chi connectivity index (χ2v) is 11.6. The zero-order valence-electron chi connectivity index (χ0n) is 24.4. The first-order chi connectivity index (χ1) is 18.8. The van der Waals surface area contributed by atoms with Gasteiger partial charge in [-0.25, -0.2) is 4.57 Å². The van der Waals surface area contributed by atoms with Crippen LogP contribution in [0.15, 0.2) is 103 Å². The maximum Gasteiger partial charge on any atom is 0.294 e. The molecule has 0 unspecified atom stereocenters. The Kier molecular flexibility index (Phi) is 7.57. The Hall–Kier alpha value is -3.91. The van der Waals surface area contributed by atoms with E-state index < -0.39 is 0 Å². The zero-order valence-corrected chi connectivity index (χ0v) is 24.4. The molecule has 0 atom stereocenters. The molecule has 0 radical (unpaired) electrons. The van der Waals surface area contributed by atoms with Gasteiger partial charge in [0.15, 0.2) is 0 Å². The molecule has 1 heterocycles. The number of rotatable bonds is 7. The molecule has 39 heavy (non-hydrogen) atoms. The molecule has 0 fully saturated rings. The number of aryl methyl sites for hydroxylation is 1. The normalized spacial score (nSPS) is 11.6. The van der Waals surface area contributed by atoms with Crippen molar-refractivity contribution >= 4 is 0 Å². The summed E-state index contributed by atoms with van der Waals surface area (Å²) in [5, 5.41) is 0. The number of hydrogen-bond donors (Lipinski definition) is 0. The summed E-state index contributed by atoms with van der Waals surface area (Å²) in [4.78, 5) is 0. The summed E-state index contributed by atoms with van der Waals surface area (Å²) in [5.74, 6) is 1.99. The Morgan fingerprint density at radius 1 is 0.590 bits per heavy atom. The van der Waals surface area contributed by atoms with Gasteiger partial charge in [0.2, 0.25) is 0 Å². The molecule has 0 N–H and O–H groups in total. The molecular weight excluding hydrogens is 472 g/mol. The molecule has 0 aliphatic carbocycles. The van der Waals surface area contributed by atoms with Gasteiger partial charge in [0.1, 0.15) is 18.1 Å². The molecule has 0 aliphatic heterocycles. The van der Waals surface area contributed by atoms with Gasteiger partial charge >= 0.3 is 0 Å². The van der Waals surface area contributed by atoms with Crippen molar-refractivity contribution in [3.05, 3.63) is 120 Å². The van der Waals surface area contributed by atoms with Gasteiger partial charge in [0.05, 0.1) is 11.6 Å². The number of imidazole rings is 1. The summed E-state index contributed by atoms with van der Waals surface area (Å²) in [5.41, 5.74) is 11.7. The monoisotopic (exact) mass is 513 g/mol. The molecule has 0 spiro atoms. The van der Waals surface area contributed by atoms with Gasteiger partial charge in [-0.15, -0.1) is 0 Å². The summed E-state index contributed by atoms with van der Waals surface area (Å²) >= 11 is 0. The molecule has 0 amide bonds. The summed E-state index contributed by atoms with van der Waals surface area (Å²) in [6.07, 6.45) is 4.51. The minimum Gasteiger partial charge on any atom is -0.227 e. The van der Waals surface area contributed by atoms with E-state index in [0.717, 1.165) is 0 Å². The summed E-state index contributed by atoms with van der Waals surface area (Å²) < 4.78 is 4.86. The third-order valence-electron chi connectivity index (χ3n) is 7.77. The first-order valence-electron chi connectivity index (χ1n) is 14.3. The van der Waals surface area contributed by atoms with Gasteiger partial charge in [-0.05, 0) is 78.6 Å². The lowest BCUT2D eigenvalue weighted by Crippen LogP contribution is -2.37. The van der Waals surface area contributed by atoms with E-state index in [1.165, 1.54) is 56.0 Å². The van der Waals surface area contributed by atoms with Crippen LogP contribution in [0.1, 0.15) is 76.1 Å². The first kappa shape index (κ1) is 26.7. The fraction of sp³-hybridized carbons (Fsp3) is 0.270. The van der Waals surface area contributed by atoms with E-state index in [1.54, 1.807) is 0 Å². The molecule has 0 bridgehead atoms. The summed E-state index contributed by atoms with van der Waals surface area (Å²) in [6.45, 7) is 16.0. The van der Waals surface area contributed by atoms with Crippen molar-refractivity contribution in [3.63, 3.8) is 0 Å². The zero-order chi connectivity index (χ0) is 27.7. The van der Waals surface area contributed by atoms with Crippen molar-refractivity contribution in [2.24, 2.45) is 0 Å². The van der Waals surface area contributed by atoms with E-state index >= 15 is 0 Å². The average molecular weight is 514 g/mol. The highest BCUT2D eigenvalue weighted by Gasteiger charge is 2.29. The van der Waals surface area contributed by atoms with E-state index in [4.69, 9.17) is 0 Å². The summed E-state index contributed by atoms with van der Waals surface area (Å²) in [7, 11) is 0. The van der Waals surface area contributed by atoms with Crippen LogP contribution in [-0.2, 0) is 0 Å². The van der Waals surface area contributed by atoms with Gasteiger partial charge < -0.3 is 0 Å². The van der Waals surface area contributed by atoms with Gasteiger partial charge in [-0.3, -0.25) is 0 Å². The Bertz CT molecular complexity index is 1540. The molecule has 5 rings (SSSR count). The van der Waals surface area contributed by atoms with Crippen molar-refractivity contribution in [1.82, 2.24) is 4.57 Å². The Morgan fingerprint density at radius 2 is 1.10 bits per heavy atom. The molecule has 0 saturated heterocycles. The molecule has 2 heteroatoms. The standard InChI is InChI=1S/C37H41N2/c1-25(2)34-23-32(31-19-17-30(18-20-31)29-14-9-8-10-15-29)24-35(26(3)4)36(34)39-22-21-38(27(5)6)37(39)33-16-12-11-13-28(33)7/h8-27H,1-7H3/q+1. The maximum absolute atomic E-state index is 2.45. The predicted octanol–water partition coefficient (Wildman–Crippen LogP) is 9.90. The third-order valence-corrected chi connectivity index (χ3v) is 7.77. The Morgan fingerprint density at radius 3 is 1.64 bits per heavy atom. The van der Waals surface area contributed by atoms with Crippen LogP contribution in [0.25, 0.3) is 39.3 Å². The fourth-order valence-electron chi connectivity index (χ4n) is 5.58. The second-order valence-electron chi connectivity index (χ2n) is 11.6. The van der Waals surface area contributed by atoms with Crippen LogP contribution >= 0.6 is 0 Å².